The molecule has 0 aromatic heterocycles. The van der Waals surface area contributed by atoms with E-state index in [4.69, 9.17) is 19.9 Å². The number of carboxylic acid groups (broad SMARTS) is 1. The van der Waals surface area contributed by atoms with Gasteiger partial charge in [0.1, 0.15) is 36.8 Å². The minimum Gasteiger partial charge on any atom is -0.481 e. The molecule has 13 amide bonds. The molecule has 101 heavy (non-hydrogen) atoms. The molecule has 2 aromatic rings. The second-order valence-corrected chi connectivity index (χ2v) is 27.2. The number of carbonyl (C=O) groups is 13. The minimum atomic E-state index is -1.46. The lowest BCUT2D eigenvalue weighted by molar-refractivity contribution is -0.148. The van der Waals surface area contributed by atoms with E-state index in [1.807, 2.05) is 32.0 Å². The van der Waals surface area contributed by atoms with Gasteiger partial charge in [-0.2, -0.15) is 0 Å². The maximum Gasteiger partial charge on any atom is 0.410 e. The van der Waals surface area contributed by atoms with Crippen molar-refractivity contribution in [1.29, 1.82) is 0 Å². The molecule has 1 fully saturated rings. The number of likely N-dealkylation sites (tertiary alicyclic amines) is 1. The maximum absolute atomic E-state index is 14.8. The number of rotatable bonds is 41. The molecule has 0 aliphatic carbocycles. The number of primary amides is 1. The van der Waals surface area contributed by atoms with Crippen LogP contribution >= 0.6 is 0 Å². The Kier molecular flexibility index (Phi) is 34.3. The molecule has 0 bridgehead atoms. The van der Waals surface area contributed by atoms with Crippen molar-refractivity contribution >= 4 is 82.9 Å². The lowest BCUT2D eigenvalue weighted by atomic mass is 9.89. The summed E-state index contributed by atoms with van der Waals surface area (Å²) >= 11 is 0. The van der Waals surface area contributed by atoms with Gasteiger partial charge in [0.25, 0.3) is 11.8 Å². The number of aliphatic hydroxyl groups is 1. The quantitative estimate of drug-likeness (QED) is 0.0335. The monoisotopic (exact) mass is 1420 g/mol. The summed E-state index contributed by atoms with van der Waals surface area (Å²) in [6, 6.07) is 6.37. The highest BCUT2D eigenvalue weighted by molar-refractivity contribution is 6.13. The zero-order valence-electron chi connectivity index (χ0n) is 60.8. The number of urea groups is 1. The molecule has 0 radical (unpaired) electrons. The second kappa shape index (κ2) is 41.0. The smallest absolute Gasteiger partial charge is 0.410 e. The largest absolute Gasteiger partial charge is 0.481 e. The van der Waals surface area contributed by atoms with Gasteiger partial charge in [-0.15, -0.1) is 0 Å². The topological polar surface area (TPSA) is 413 Å². The number of carbonyl (C=O) groups excluding carboxylic acids is 12. The molecule has 0 saturated carbocycles. The van der Waals surface area contributed by atoms with Gasteiger partial charge in [0.05, 0.1) is 48.8 Å². The Morgan fingerprint density at radius 1 is 0.703 bits per heavy atom. The lowest BCUT2D eigenvalue weighted by Crippen LogP contribution is -2.60. The number of nitrogens with two attached hydrogens (primary N) is 1. The molecule has 30 heteroatoms. The summed E-state index contributed by atoms with van der Waals surface area (Å²) in [7, 11) is 6.01. The Morgan fingerprint density at radius 2 is 1.32 bits per heavy atom. The van der Waals surface area contributed by atoms with E-state index in [1.54, 1.807) is 91.6 Å². The van der Waals surface area contributed by atoms with E-state index in [-0.39, 0.29) is 81.1 Å². The third kappa shape index (κ3) is 25.5. The van der Waals surface area contributed by atoms with E-state index in [1.165, 1.54) is 38.3 Å². The molecule has 0 spiro atoms. The van der Waals surface area contributed by atoms with Crippen molar-refractivity contribution in [2.45, 2.75) is 207 Å². The molecule has 2 aliphatic heterocycles. The molecule has 2 heterocycles. The first-order chi connectivity index (χ1) is 47.6. The van der Waals surface area contributed by atoms with Crippen molar-refractivity contribution in [2.75, 3.05) is 53.3 Å². The SMILES string of the molecule is CC[C@H](C)[C@@H]([C@@H](CC(=O)N1CCC[C@H]1[C@H](OC)[C@@H](C)C(=O)N[C@H](C)[C@@H](O)c1ccccc1)OC)N(C)C(=O)[C@@H](NC(=O)[C@H](C(C)C)N(C)C(=O)OCc1ccc(NC(=O)[C@H](CCCNC(N)=O)NC(=O)[C@H](CC(C)C)NC(=O)[C@H](CCC(=O)O)NC(=O)CCN2C(=O)C=CC2=O)cc1)C(C)C. The van der Waals surface area contributed by atoms with E-state index in [0.717, 1.165) is 22.0 Å². The number of benzene rings is 2. The lowest BCUT2D eigenvalue weighted by Gasteiger charge is -2.41. The second-order valence-electron chi connectivity index (χ2n) is 27.2. The van der Waals surface area contributed by atoms with Crippen LogP contribution in [-0.2, 0) is 73.6 Å². The van der Waals surface area contributed by atoms with Crippen LogP contribution in [-0.4, -0.2) is 215 Å². The first-order valence-corrected chi connectivity index (χ1v) is 34.6. The number of hydrogen-bond donors (Lipinski definition) is 10. The molecule has 30 nitrogen and oxygen atoms in total. The van der Waals surface area contributed by atoms with Gasteiger partial charge in [-0.1, -0.05) is 111 Å². The van der Waals surface area contributed by atoms with Crippen molar-refractivity contribution in [3.63, 3.8) is 0 Å². The van der Waals surface area contributed by atoms with E-state index in [9.17, 15) is 72.5 Å². The summed E-state index contributed by atoms with van der Waals surface area (Å²) in [4.78, 5) is 178. The first-order valence-electron chi connectivity index (χ1n) is 34.6. The van der Waals surface area contributed by atoms with Crippen LogP contribution in [0.2, 0.25) is 0 Å². The average Bonchev–Trinajstić information content (AvgIpc) is 1.80. The van der Waals surface area contributed by atoms with Crippen LogP contribution in [0.3, 0.4) is 0 Å². The predicted molar refractivity (Wildman–Crippen MR) is 373 cm³/mol. The summed E-state index contributed by atoms with van der Waals surface area (Å²) in [6.45, 7) is 17.8. The number of anilines is 1. The van der Waals surface area contributed by atoms with Gasteiger partial charge in [0, 0.05) is 78.6 Å². The summed E-state index contributed by atoms with van der Waals surface area (Å²) < 4.78 is 17.7. The number of carboxylic acids is 1. The van der Waals surface area contributed by atoms with E-state index in [2.05, 4.69) is 37.2 Å². The van der Waals surface area contributed by atoms with Crippen molar-refractivity contribution in [1.82, 2.24) is 51.5 Å². The third-order valence-corrected chi connectivity index (χ3v) is 18.4. The number of likely N-dealkylation sites (N-methyl/N-ethyl adjacent to an activating group) is 2. The minimum absolute atomic E-state index is 0.0269. The van der Waals surface area contributed by atoms with Gasteiger partial charge < -0.3 is 77.2 Å². The van der Waals surface area contributed by atoms with E-state index >= 15 is 0 Å². The third-order valence-electron chi connectivity index (χ3n) is 18.4. The maximum atomic E-state index is 14.8. The molecule has 4 rings (SSSR count). The number of aliphatic hydroxyl groups excluding tert-OH is 1. The predicted octanol–water partition coefficient (Wildman–Crippen LogP) is 3.65. The van der Waals surface area contributed by atoms with Crippen LogP contribution in [0.4, 0.5) is 15.3 Å². The van der Waals surface area contributed by atoms with Crippen molar-refractivity contribution in [3.05, 3.63) is 77.9 Å². The van der Waals surface area contributed by atoms with Gasteiger partial charge in [-0.25, -0.2) is 9.59 Å². The average molecular weight is 1420 g/mol. The highest BCUT2D eigenvalue weighted by Crippen LogP contribution is 2.31. The normalized spacial score (nSPS) is 17.2. The summed E-state index contributed by atoms with van der Waals surface area (Å²) in [5.41, 5.74) is 6.63. The number of amides is 13. The van der Waals surface area contributed by atoms with Crippen LogP contribution in [0, 0.1) is 29.6 Å². The fraction of sp³-hybridized carbons (Fsp3) is 0.620. The Labute approximate surface area is 592 Å². The molecule has 2 aromatic carbocycles. The molecule has 2 aliphatic rings. The summed E-state index contributed by atoms with van der Waals surface area (Å²) in [6.07, 6.45) is -0.690. The number of ether oxygens (including phenoxy) is 3. The number of imide groups is 1. The number of hydrogen-bond acceptors (Lipinski definition) is 17. The molecule has 13 atom stereocenters. The highest BCUT2D eigenvalue weighted by atomic mass is 16.6. The van der Waals surface area contributed by atoms with Crippen LogP contribution in [0.5, 0.6) is 0 Å². The fourth-order valence-electron chi connectivity index (χ4n) is 12.6. The summed E-state index contributed by atoms with van der Waals surface area (Å²) in [5, 5.41) is 39.1. The number of aliphatic carboxylic acids is 1. The van der Waals surface area contributed by atoms with Crippen LogP contribution < -0.4 is 43.0 Å². The van der Waals surface area contributed by atoms with Gasteiger partial charge in [-0.3, -0.25) is 62.5 Å². The van der Waals surface area contributed by atoms with Crippen molar-refractivity contribution < 1.29 is 86.8 Å². The fourth-order valence-corrected chi connectivity index (χ4v) is 12.6. The van der Waals surface area contributed by atoms with Gasteiger partial charge in [-0.05, 0) is 92.4 Å². The standard InChI is InChI=1S/C71H108N12O18/c1-15-43(8)61(53(99-13)38-57(87)82-35-20-24-52(82)63(100-14)44(9)64(91)74-45(10)62(90)47-21-17-16-18-22-47)80(11)69(96)59(41(4)5)79-68(95)60(42(6)7)81(12)71(98)101-39-46-25-27-48(28-26-46)75-65(92)49(23-19-34-73-70(72)97)77-67(94)51(37-40(2)3)78-66(93)50(29-32-58(88)89)76-54(84)33-36-83-55(85)30-31-56(83)86/h16-18,21-22,25-28,30-31,40-45,49-53,59-63,90H,15,19-20,23-24,29,32-39H2,1-14H3,(H,74,91)(H,75,92)(H,76,84)(H,77,94)(H,78,93)(H,79,95)(H,88,89)(H3,72,73,97)/t43-,44+,45+,49-,50-,51-,52-,53+,59-,60-,61-,62+,63+/m0/s1. The van der Waals surface area contributed by atoms with E-state index in [0.29, 0.717) is 36.9 Å². The number of nitrogens with one attached hydrogen (secondary N) is 7. The molecule has 11 N–H and O–H groups in total. The van der Waals surface area contributed by atoms with Crippen molar-refractivity contribution in [3.8, 4) is 0 Å². The van der Waals surface area contributed by atoms with Gasteiger partial charge in [0.15, 0.2) is 0 Å². The zero-order valence-corrected chi connectivity index (χ0v) is 60.8. The Hall–Kier alpha value is -9.03. The Bertz CT molecular complexity index is 3170. The first kappa shape index (κ1) is 84.4. The molecule has 0 unspecified atom stereocenters. The summed E-state index contributed by atoms with van der Waals surface area (Å²) in [5.74, 6) is -9.45. The molecular formula is C71H108N12O18. The van der Waals surface area contributed by atoms with Crippen LogP contribution in [0.25, 0.3) is 0 Å². The highest BCUT2D eigenvalue weighted by Gasteiger charge is 2.44. The number of methoxy groups -OCH3 is 2. The van der Waals surface area contributed by atoms with Crippen molar-refractivity contribution in [2.24, 2.45) is 35.3 Å². The van der Waals surface area contributed by atoms with Crippen LogP contribution in [0.1, 0.15) is 151 Å². The van der Waals surface area contributed by atoms with Crippen LogP contribution in [0.15, 0.2) is 66.7 Å². The van der Waals surface area contributed by atoms with Gasteiger partial charge in [0.2, 0.25) is 47.3 Å². The molecule has 1 saturated heterocycles. The molecular weight excluding hydrogens is 1310 g/mol. The zero-order chi connectivity index (χ0) is 75.5. The number of nitrogens with zero attached hydrogens (tertiary/aromatic N) is 4. The van der Waals surface area contributed by atoms with E-state index < -0.39 is 163 Å². The Morgan fingerprint density at radius 3 is 1.88 bits per heavy atom. The van der Waals surface area contributed by atoms with Gasteiger partial charge >= 0.3 is 18.1 Å². The molecule has 560 valence electrons. The Balaban J connectivity index is 1.42.